The molecule has 6 nitrogen and oxygen atoms in total. The van der Waals surface area contributed by atoms with Crippen LogP contribution in [0.15, 0.2) is 0 Å². The van der Waals surface area contributed by atoms with Gasteiger partial charge in [0.25, 0.3) is 5.97 Å². The highest BCUT2D eigenvalue weighted by molar-refractivity contribution is 9.26. The normalized spacial score (nSPS) is 12.6. The van der Waals surface area contributed by atoms with Crippen molar-refractivity contribution < 1.29 is 27.5 Å². The standard InChI is InChI=1S/C19H42O6S4Si/c1-7-20-19(21-8-2,22-9-3)15-13-16-26-28-29-27-17-14-18-30(23-10-4,24-11-5)25-12-6/h7-18H2,1-6H3. The quantitative estimate of drug-likeness (QED) is 0.0631. The van der Waals surface area contributed by atoms with Crippen LogP contribution >= 0.6 is 41.2 Å². The average molecular weight is 523 g/mol. The zero-order chi connectivity index (χ0) is 22.6. The van der Waals surface area contributed by atoms with Crippen molar-refractivity contribution in [3.05, 3.63) is 0 Å². The lowest BCUT2D eigenvalue weighted by molar-refractivity contribution is -0.379. The van der Waals surface area contributed by atoms with Gasteiger partial charge in [-0.25, -0.2) is 0 Å². The lowest BCUT2D eigenvalue weighted by Gasteiger charge is -2.32. The van der Waals surface area contributed by atoms with Crippen molar-refractivity contribution in [3.63, 3.8) is 0 Å². The number of hydrogen-bond acceptors (Lipinski definition) is 10. The van der Waals surface area contributed by atoms with E-state index >= 15 is 0 Å². The van der Waals surface area contributed by atoms with Crippen LogP contribution in [0.5, 0.6) is 0 Å². The van der Waals surface area contributed by atoms with E-state index in [4.69, 9.17) is 27.5 Å². The van der Waals surface area contributed by atoms with E-state index in [0.29, 0.717) is 39.6 Å². The van der Waals surface area contributed by atoms with E-state index in [9.17, 15) is 0 Å². The zero-order valence-electron chi connectivity index (χ0n) is 19.6. The van der Waals surface area contributed by atoms with Gasteiger partial charge in [0, 0.05) is 63.6 Å². The van der Waals surface area contributed by atoms with Crippen molar-refractivity contribution >= 4 is 50.0 Å². The summed E-state index contributed by atoms with van der Waals surface area (Å²) in [6, 6.07) is 0.877. The first-order valence-corrected chi connectivity index (χ1v) is 18.1. The molecular weight excluding hydrogens is 481 g/mol. The Kier molecular flexibility index (Phi) is 21.9. The van der Waals surface area contributed by atoms with Gasteiger partial charge in [-0.15, -0.1) is 0 Å². The summed E-state index contributed by atoms with van der Waals surface area (Å²) in [5, 5.41) is 0. The van der Waals surface area contributed by atoms with E-state index in [2.05, 4.69) is 0 Å². The summed E-state index contributed by atoms with van der Waals surface area (Å²) in [5.74, 6) is 1.20. The van der Waals surface area contributed by atoms with E-state index in [-0.39, 0.29) is 0 Å². The van der Waals surface area contributed by atoms with Crippen LogP contribution in [0, 0.1) is 0 Å². The smallest absolute Gasteiger partial charge is 0.374 e. The molecule has 0 fully saturated rings. The average Bonchev–Trinajstić information content (AvgIpc) is 2.70. The summed E-state index contributed by atoms with van der Waals surface area (Å²) >= 11 is 0. The summed E-state index contributed by atoms with van der Waals surface area (Å²) in [6.45, 7) is 15.5. The third-order valence-electron chi connectivity index (χ3n) is 3.73. The summed E-state index contributed by atoms with van der Waals surface area (Å²) in [7, 11) is 4.90. The van der Waals surface area contributed by atoms with Crippen LogP contribution in [0.4, 0.5) is 0 Å². The summed E-state index contributed by atoms with van der Waals surface area (Å²) in [5.41, 5.74) is 0. The van der Waals surface area contributed by atoms with E-state index < -0.39 is 14.8 Å². The Bertz CT molecular complexity index is 317. The monoisotopic (exact) mass is 522 g/mol. The fourth-order valence-corrected chi connectivity index (χ4v) is 11.8. The maximum Gasteiger partial charge on any atom is 0.500 e. The van der Waals surface area contributed by atoms with Crippen LogP contribution < -0.4 is 0 Å². The molecule has 0 aliphatic heterocycles. The second kappa shape index (κ2) is 20.9. The topological polar surface area (TPSA) is 55.4 Å². The van der Waals surface area contributed by atoms with Gasteiger partial charge in [0.1, 0.15) is 0 Å². The molecule has 0 N–H and O–H groups in total. The van der Waals surface area contributed by atoms with Gasteiger partial charge in [-0.2, -0.15) is 0 Å². The maximum absolute atomic E-state index is 5.90. The largest absolute Gasteiger partial charge is 0.500 e. The van der Waals surface area contributed by atoms with Gasteiger partial charge in [-0.05, 0) is 74.0 Å². The molecule has 0 aliphatic carbocycles. The highest BCUT2D eigenvalue weighted by Gasteiger charge is 2.39. The maximum atomic E-state index is 5.90. The van der Waals surface area contributed by atoms with Crippen LogP contribution in [0.1, 0.15) is 60.8 Å². The Balaban J connectivity index is 3.97. The first-order chi connectivity index (χ1) is 14.6. The van der Waals surface area contributed by atoms with Crippen molar-refractivity contribution in [2.75, 3.05) is 51.1 Å². The van der Waals surface area contributed by atoms with Crippen molar-refractivity contribution in [2.24, 2.45) is 0 Å². The molecule has 0 aromatic rings. The van der Waals surface area contributed by atoms with E-state index in [1.807, 2.05) is 82.8 Å². The first kappa shape index (κ1) is 31.4. The highest BCUT2D eigenvalue weighted by atomic mass is 33.7. The highest BCUT2D eigenvalue weighted by Crippen LogP contribution is 2.44. The van der Waals surface area contributed by atoms with Crippen LogP contribution in [0.3, 0.4) is 0 Å². The minimum absolute atomic E-state index is 0.578. The Morgan fingerprint density at radius 2 is 1.03 bits per heavy atom. The molecule has 0 aliphatic rings. The first-order valence-electron chi connectivity index (χ1n) is 11.0. The van der Waals surface area contributed by atoms with Crippen LogP contribution in [0.2, 0.25) is 6.04 Å². The van der Waals surface area contributed by atoms with Crippen LogP contribution in [-0.2, 0) is 27.5 Å². The van der Waals surface area contributed by atoms with E-state index in [1.165, 1.54) is 0 Å². The fraction of sp³-hybridized carbons (Fsp3) is 1.00. The van der Waals surface area contributed by atoms with Gasteiger partial charge < -0.3 is 27.5 Å². The van der Waals surface area contributed by atoms with Crippen molar-refractivity contribution in [1.29, 1.82) is 0 Å². The predicted molar refractivity (Wildman–Crippen MR) is 137 cm³/mol. The molecule has 0 amide bonds. The summed E-state index contributed by atoms with van der Waals surface area (Å²) in [6.07, 6.45) is 2.76. The Labute approximate surface area is 200 Å². The molecule has 0 heterocycles. The van der Waals surface area contributed by atoms with Gasteiger partial charge in [0.05, 0.1) is 0 Å². The molecule has 182 valence electrons. The molecule has 0 bridgehead atoms. The van der Waals surface area contributed by atoms with Gasteiger partial charge in [0.2, 0.25) is 0 Å². The van der Waals surface area contributed by atoms with E-state index in [0.717, 1.165) is 36.8 Å². The molecule has 0 radical (unpaired) electrons. The molecule has 11 heteroatoms. The lowest BCUT2D eigenvalue weighted by Crippen LogP contribution is -2.46. The minimum Gasteiger partial charge on any atom is -0.374 e. The summed E-state index contributed by atoms with van der Waals surface area (Å²) in [4.78, 5) is 0. The Hall–Kier alpha value is 1.38. The molecule has 0 aromatic carbocycles. The molecular formula is C19H42O6S4Si. The third kappa shape index (κ3) is 14.5. The Morgan fingerprint density at radius 1 is 0.600 bits per heavy atom. The molecule has 0 rings (SSSR count). The second-order valence-corrected chi connectivity index (χ2v) is 14.9. The SMILES string of the molecule is CCOC(CCCSSSSCCC[Si](OCC)(OCC)OCC)(OCC)OCC. The van der Waals surface area contributed by atoms with Crippen molar-refractivity contribution in [3.8, 4) is 0 Å². The van der Waals surface area contributed by atoms with Crippen LogP contribution in [0.25, 0.3) is 0 Å². The Morgan fingerprint density at radius 3 is 1.43 bits per heavy atom. The summed E-state index contributed by atoms with van der Waals surface area (Å²) < 4.78 is 35.0. The second-order valence-electron chi connectivity index (χ2n) is 5.95. The fourth-order valence-electron chi connectivity index (χ4n) is 2.81. The molecule has 0 saturated heterocycles. The van der Waals surface area contributed by atoms with Gasteiger partial charge in [-0.1, -0.05) is 21.6 Å². The van der Waals surface area contributed by atoms with Crippen molar-refractivity contribution in [1.82, 2.24) is 0 Å². The lowest BCUT2D eigenvalue weighted by atomic mass is 10.3. The molecule has 30 heavy (non-hydrogen) atoms. The molecule has 0 spiro atoms. The number of hydrogen-bond donors (Lipinski definition) is 0. The number of rotatable bonds is 23. The molecule has 0 atom stereocenters. The van der Waals surface area contributed by atoms with E-state index in [1.54, 1.807) is 0 Å². The number of ether oxygens (including phenoxy) is 3. The van der Waals surface area contributed by atoms with Gasteiger partial charge >= 0.3 is 8.80 Å². The minimum atomic E-state index is -2.49. The third-order valence-corrected chi connectivity index (χ3v) is 13.5. The van der Waals surface area contributed by atoms with Gasteiger partial charge in [-0.3, -0.25) is 0 Å². The molecule has 0 unspecified atom stereocenters. The van der Waals surface area contributed by atoms with Crippen molar-refractivity contribution in [2.45, 2.75) is 72.8 Å². The van der Waals surface area contributed by atoms with Gasteiger partial charge in [0.15, 0.2) is 0 Å². The predicted octanol–water partition coefficient (Wildman–Crippen LogP) is 6.65. The molecule has 0 aromatic heterocycles. The molecule has 0 saturated carbocycles. The van der Waals surface area contributed by atoms with Crippen LogP contribution in [-0.4, -0.2) is 65.9 Å². The zero-order valence-corrected chi connectivity index (χ0v) is 23.8.